The van der Waals surface area contributed by atoms with Crippen LogP contribution in [0.5, 0.6) is 0 Å². The molecule has 0 unspecified atom stereocenters. The minimum Gasteiger partial charge on any atom is -0.316 e. The van der Waals surface area contributed by atoms with Crippen LogP contribution in [-0.4, -0.2) is 19.3 Å². The summed E-state index contributed by atoms with van der Waals surface area (Å²) < 4.78 is 49.3. The number of aromatic amines is 1. The molecule has 1 aromatic heterocycles. The van der Waals surface area contributed by atoms with Gasteiger partial charge in [0.1, 0.15) is 0 Å². The van der Waals surface area contributed by atoms with Crippen LogP contribution in [0, 0.1) is 11.6 Å². The van der Waals surface area contributed by atoms with Gasteiger partial charge in [-0.1, -0.05) is 5.92 Å². The second kappa shape index (κ2) is 5.70. The first-order chi connectivity index (χ1) is 10.5. The number of nitrogens with one attached hydrogen (secondary N) is 1. The molecule has 3 N–H and O–H groups in total. The third-order valence-corrected chi connectivity index (χ3v) is 3.21. The van der Waals surface area contributed by atoms with Gasteiger partial charge in [0.05, 0.1) is 23.1 Å². The van der Waals surface area contributed by atoms with Gasteiger partial charge in [-0.15, -0.1) is 0 Å². The van der Waals surface area contributed by atoms with Crippen molar-refractivity contribution in [3.63, 3.8) is 0 Å². The van der Waals surface area contributed by atoms with E-state index in [0.29, 0.717) is 12.1 Å². The van der Waals surface area contributed by atoms with Crippen LogP contribution in [0.25, 0.3) is 11.0 Å². The van der Waals surface area contributed by atoms with E-state index < -0.39 is 37.0 Å². The predicted molar refractivity (Wildman–Crippen MR) is 73.7 cm³/mol. The van der Waals surface area contributed by atoms with E-state index in [1.165, 1.54) is 0 Å². The summed E-state index contributed by atoms with van der Waals surface area (Å²) in [5, 5.41) is 0. The fourth-order valence-corrected chi connectivity index (χ4v) is 2.11. The van der Waals surface area contributed by atoms with Crippen molar-refractivity contribution in [2.75, 3.05) is 0 Å². The quantitative estimate of drug-likeness (QED) is 0.402. The highest BCUT2D eigenvalue weighted by Crippen LogP contribution is 2.32. The van der Waals surface area contributed by atoms with E-state index in [1.807, 2.05) is 10.9 Å². The molecule has 0 saturated carbocycles. The number of fused-ring (bicyclic) bond motifs is 1. The van der Waals surface area contributed by atoms with Gasteiger partial charge in [0.15, 0.2) is 0 Å². The van der Waals surface area contributed by atoms with Crippen molar-refractivity contribution in [3.8, 4) is 11.6 Å². The standard InChI is InChI=1S/C12H8F3N2O5P/c13-12(14,15)7-2-3-9-8(6-7)16-10(18)11(19)17(9)4-1-5-23(20,21)22/h2-3,6H,4H2,(H,16,18)(H2,20,21,22). The number of hydrogen-bond acceptors (Lipinski definition) is 3. The maximum atomic E-state index is 12.7. The third-order valence-electron chi connectivity index (χ3n) is 2.76. The molecule has 1 aromatic carbocycles. The normalized spacial score (nSPS) is 12.0. The molecule has 1 heterocycles. The van der Waals surface area contributed by atoms with E-state index in [9.17, 15) is 27.3 Å². The Morgan fingerprint density at radius 3 is 2.48 bits per heavy atom. The van der Waals surface area contributed by atoms with Crippen LogP contribution in [0.15, 0.2) is 27.8 Å². The minimum atomic E-state index is -4.63. The number of benzene rings is 1. The number of rotatable bonds is 1. The maximum absolute atomic E-state index is 12.7. The number of hydrogen-bond donors (Lipinski definition) is 3. The maximum Gasteiger partial charge on any atom is 0.416 e. The monoisotopic (exact) mass is 348 g/mol. The van der Waals surface area contributed by atoms with E-state index in [-0.39, 0.29) is 11.0 Å². The van der Waals surface area contributed by atoms with Gasteiger partial charge in [-0.2, -0.15) is 13.2 Å². The molecular formula is C12H8F3N2O5P. The van der Waals surface area contributed by atoms with Gasteiger partial charge in [0.25, 0.3) is 0 Å². The number of aromatic nitrogens is 2. The van der Waals surface area contributed by atoms with Gasteiger partial charge in [-0.3, -0.25) is 14.2 Å². The van der Waals surface area contributed by atoms with Crippen molar-refractivity contribution in [2.45, 2.75) is 12.7 Å². The van der Waals surface area contributed by atoms with Crippen LogP contribution < -0.4 is 11.1 Å². The molecule has 11 heteroatoms. The summed E-state index contributed by atoms with van der Waals surface area (Å²) in [6.07, 6.45) is -4.63. The minimum absolute atomic E-state index is 0.0531. The average molecular weight is 348 g/mol. The molecule has 0 radical (unpaired) electrons. The Hall–Kier alpha value is -2.34. The highest BCUT2D eigenvalue weighted by molar-refractivity contribution is 7.57. The van der Waals surface area contributed by atoms with Crippen molar-refractivity contribution in [1.82, 2.24) is 9.55 Å². The molecule has 2 aromatic rings. The van der Waals surface area contributed by atoms with Gasteiger partial charge < -0.3 is 14.8 Å². The van der Waals surface area contributed by atoms with Gasteiger partial charge in [0.2, 0.25) is 0 Å². The summed E-state index contributed by atoms with van der Waals surface area (Å²) in [6.45, 7) is -0.560. The molecule has 0 aliphatic heterocycles. The zero-order chi connectivity index (χ0) is 17.4. The summed E-state index contributed by atoms with van der Waals surface area (Å²) in [5.41, 5.74) is -2.01. The lowest BCUT2D eigenvalue weighted by atomic mass is 10.2. The number of halogens is 3. The molecule has 0 atom stereocenters. The Balaban J connectivity index is 2.66. The molecule has 0 amide bonds. The Bertz CT molecular complexity index is 990. The molecule has 23 heavy (non-hydrogen) atoms. The fraction of sp³-hybridized carbons (Fsp3) is 0.167. The van der Waals surface area contributed by atoms with Crippen LogP contribution in [0.4, 0.5) is 13.2 Å². The highest BCUT2D eigenvalue weighted by Gasteiger charge is 2.30. The molecule has 122 valence electrons. The molecular weight excluding hydrogens is 340 g/mol. The lowest BCUT2D eigenvalue weighted by Gasteiger charge is -2.10. The molecule has 0 saturated heterocycles. The first-order valence-electron chi connectivity index (χ1n) is 5.89. The Labute approximate surface area is 125 Å². The van der Waals surface area contributed by atoms with Crippen LogP contribution in [0.2, 0.25) is 0 Å². The van der Waals surface area contributed by atoms with Gasteiger partial charge in [-0.25, -0.2) is 4.57 Å². The first kappa shape index (κ1) is 17.0. The van der Waals surface area contributed by atoms with E-state index >= 15 is 0 Å². The predicted octanol–water partition coefficient (Wildman–Crippen LogP) is 0.847. The van der Waals surface area contributed by atoms with Crippen molar-refractivity contribution in [2.24, 2.45) is 0 Å². The van der Waals surface area contributed by atoms with Crippen molar-refractivity contribution < 1.29 is 27.5 Å². The second-order valence-electron chi connectivity index (χ2n) is 4.41. The smallest absolute Gasteiger partial charge is 0.316 e. The van der Waals surface area contributed by atoms with E-state index in [0.717, 1.165) is 10.6 Å². The van der Waals surface area contributed by atoms with Crippen molar-refractivity contribution in [1.29, 1.82) is 0 Å². The summed E-state index contributed by atoms with van der Waals surface area (Å²) in [6, 6.07) is 2.34. The topological polar surface area (TPSA) is 112 Å². The lowest BCUT2D eigenvalue weighted by molar-refractivity contribution is -0.137. The van der Waals surface area contributed by atoms with E-state index in [1.54, 1.807) is 5.66 Å². The summed E-state index contributed by atoms with van der Waals surface area (Å²) in [4.78, 5) is 42.5. The van der Waals surface area contributed by atoms with E-state index in [2.05, 4.69) is 0 Å². The molecule has 0 aliphatic carbocycles. The van der Waals surface area contributed by atoms with Gasteiger partial charge >= 0.3 is 24.9 Å². The molecule has 0 aliphatic rings. The Morgan fingerprint density at radius 1 is 1.26 bits per heavy atom. The Morgan fingerprint density at radius 2 is 1.91 bits per heavy atom. The molecule has 0 bridgehead atoms. The zero-order valence-electron chi connectivity index (χ0n) is 11.1. The third kappa shape index (κ3) is 3.90. The molecule has 0 spiro atoms. The molecule has 2 rings (SSSR count). The zero-order valence-corrected chi connectivity index (χ0v) is 12.0. The number of alkyl halides is 3. The number of nitrogens with zero attached hydrogens (tertiary/aromatic N) is 1. The van der Waals surface area contributed by atoms with Crippen LogP contribution in [0.1, 0.15) is 5.56 Å². The van der Waals surface area contributed by atoms with Crippen molar-refractivity contribution in [3.05, 3.63) is 44.5 Å². The largest absolute Gasteiger partial charge is 0.416 e. The second-order valence-corrected chi connectivity index (χ2v) is 5.72. The molecule has 0 fully saturated rings. The summed E-state index contributed by atoms with van der Waals surface area (Å²) in [7, 11) is -4.63. The fourth-order valence-electron chi connectivity index (χ4n) is 1.83. The van der Waals surface area contributed by atoms with Gasteiger partial charge in [-0.05, 0) is 18.2 Å². The number of H-pyrrole nitrogens is 1. The lowest BCUT2D eigenvalue weighted by Crippen LogP contribution is -2.36. The van der Waals surface area contributed by atoms with Crippen LogP contribution in [-0.2, 0) is 17.3 Å². The average Bonchev–Trinajstić information content (AvgIpc) is 2.40. The van der Waals surface area contributed by atoms with Crippen LogP contribution >= 0.6 is 7.60 Å². The van der Waals surface area contributed by atoms with Gasteiger partial charge in [0, 0.05) is 5.66 Å². The summed E-state index contributed by atoms with van der Waals surface area (Å²) >= 11 is 0. The van der Waals surface area contributed by atoms with Crippen LogP contribution in [0.3, 0.4) is 0 Å². The molecule has 7 nitrogen and oxygen atoms in total. The van der Waals surface area contributed by atoms with E-state index in [4.69, 9.17) is 9.79 Å². The highest BCUT2D eigenvalue weighted by atomic mass is 31.2. The summed E-state index contributed by atoms with van der Waals surface area (Å²) in [5.74, 6) is 2.02. The van der Waals surface area contributed by atoms with Crippen molar-refractivity contribution >= 4 is 18.6 Å². The first-order valence-corrected chi connectivity index (χ1v) is 7.50. The SMILES string of the molecule is O=c1[nH]c2cc(C(F)(F)F)ccc2n(CC#CP(=O)(O)O)c1=O. The Kier molecular flexibility index (Phi) is 4.22.